The highest BCUT2D eigenvalue weighted by atomic mass is 16.2. The fourth-order valence-electron chi connectivity index (χ4n) is 1.31. The molecule has 0 bridgehead atoms. The first-order chi connectivity index (χ1) is 8.45. The van der Waals surface area contributed by atoms with E-state index in [2.05, 4.69) is 10.3 Å². The zero-order valence-corrected chi connectivity index (χ0v) is 10.7. The SMILES string of the molecule is CCN(C)C(=O)CNC(=O)c1c[nH]c(C)cc1=O. The number of carbonyl (C=O) groups excluding carboxylic acids is 2. The van der Waals surface area contributed by atoms with Crippen molar-refractivity contribution in [1.29, 1.82) is 0 Å². The number of nitrogens with one attached hydrogen (secondary N) is 2. The van der Waals surface area contributed by atoms with Crippen LogP contribution in [0.25, 0.3) is 0 Å². The van der Waals surface area contributed by atoms with Crippen LogP contribution < -0.4 is 10.7 Å². The van der Waals surface area contributed by atoms with Crippen LogP contribution in [0.5, 0.6) is 0 Å². The average Bonchev–Trinajstić information content (AvgIpc) is 2.34. The van der Waals surface area contributed by atoms with E-state index >= 15 is 0 Å². The lowest BCUT2D eigenvalue weighted by Gasteiger charge is -2.14. The Hall–Kier alpha value is -2.11. The van der Waals surface area contributed by atoms with Gasteiger partial charge in [-0.3, -0.25) is 14.4 Å². The predicted molar refractivity (Wildman–Crippen MR) is 67.4 cm³/mol. The molecule has 0 aliphatic rings. The number of H-pyrrole nitrogens is 1. The summed E-state index contributed by atoms with van der Waals surface area (Å²) in [4.78, 5) is 39.0. The number of aryl methyl sites for hydroxylation is 1. The second kappa shape index (κ2) is 6.00. The Balaban J connectivity index is 2.66. The molecule has 1 aromatic rings. The second-order valence-electron chi connectivity index (χ2n) is 3.98. The third-order valence-corrected chi connectivity index (χ3v) is 2.60. The Morgan fingerprint density at radius 3 is 2.67 bits per heavy atom. The van der Waals surface area contributed by atoms with Gasteiger partial charge in [0.15, 0.2) is 5.43 Å². The molecule has 6 heteroatoms. The number of likely N-dealkylation sites (N-methyl/N-ethyl adjacent to an activating group) is 1. The van der Waals surface area contributed by atoms with E-state index in [4.69, 9.17) is 0 Å². The molecule has 0 fully saturated rings. The van der Waals surface area contributed by atoms with E-state index in [-0.39, 0.29) is 23.4 Å². The summed E-state index contributed by atoms with van der Waals surface area (Å²) in [5, 5.41) is 2.42. The average molecular weight is 251 g/mol. The first-order valence-electron chi connectivity index (χ1n) is 5.67. The molecule has 98 valence electrons. The number of pyridine rings is 1. The molecule has 2 amide bonds. The molecule has 0 saturated carbocycles. The minimum absolute atomic E-state index is 0.00699. The largest absolute Gasteiger partial charge is 0.364 e. The van der Waals surface area contributed by atoms with Crippen LogP contribution in [0, 0.1) is 6.92 Å². The van der Waals surface area contributed by atoms with E-state index in [1.807, 2.05) is 6.92 Å². The lowest BCUT2D eigenvalue weighted by molar-refractivity contribution is -0.128. The number of carbonyl (C=O) groups is 2. The third-order valence-electron chi connectivity index (χ3n) is 2.60. The topological polar surface area (TPSA) is 82.3 Å². The minimum Gasteiger partial charge on any atom is -0.364 e. The van der Waals surface area contributed by atoms with E-state index in [1.54, 1.807) is 14.0 Å². The van der Waals surface area contributed by atoms with Gasteiger partial charge < -0.3 is 15.2 Å². The van der Waals surface area contributed by atoms with Crippen molar-refractivity contribution in [3.05, 3.63) is 33.7 Å². The van der Waals surface area contributed by atoms with Gasteiger partial charge in [-0.1, -0.05) is 0 Å². The quantitative estimate of drug-likeness (QED) is 0.783. The highest BCUT2D eigenvalue weighted by Crippen LogP contribution is 1.92. The Labute approximate surface area is 105 Å². The van der Waals surface area contributed by atoms with Crippen LogP contribution in [0.1, 0.15) is 23.0 Å². The molecule has 2 N–H and O–H groups in total. The molecule has 0 atom stereocenters. The standard InChI is InChI=1S/C12H17N3O3/c1-4-15(3)11(17)7-14-12(18)9-6-13-8(2)5-10(9)16/h5-6H,4,7H2,1-3H3,(H,13,16)(H,14,18). The first-order valence-corrected chi connectivity index (χ1v) is 5.67. The van der Waals surface area contributed by atoms with Crippen molar-refractivity contribution in [1.82, 2.24) is 15.2 Å². The van der Waals surface area contributed by atoms with Crippen molar-refractivity contribution in [2.45, 2.75) is 13.8 Å². The maximum atomic E-state index is 11.7. The summed E-state index contributed by atoms with van der Waals surface area (Å²) in [6, 6.07) is 1.34. The number of amides is 2. The van der Waals surface area contributed by atoms with Crippen molar-refractivity contribution < 1.29 is 9.59 Å². The van der Waals surface area contributed by atoms with Gasteiger partial charge >= 0.3 is 0 Å². The van der Waals surface area contributed by atoms with Crippen LogP contribution in [-0.2, 0) is 4.79 Å². The summed E-state index contributed by atoms with van der Waals surface area (Å²) in [5.74, 6) is -0.747. The van der Waals surface area contributed by atoms with Crippen molar-refractivity contribution in [3.63, 3.8) is 0 Å². The van der Waals surface area contributed by atoms with Gasteiger partial charge in [0.05, 0.1) is 6.54 Å². The van der Waals surface area contributed by atoms with Gasteiger partial charge in [-0.2, -0.15) is 0 Å². The highest BCUT2D eigenvalue weighted by Gasteiger charge is 2.12. The number of rotatable bonds is 4. The predicted octanol–water partition coefficient (Wildman–Crippen LogP) is -0.109. The Morgan fingerprint density at radius 2 is 2.11 bits per heavy atom. The molecular weight excluding hydrogens is 234 g/mol. The fourth-order valence-corrected chi connectivity index (χ4v) is 1.31. The summed E-state index contributed by atoms with van der Waals surface area (Å²) < 4.78 is 0. The van der Waals surface area contributed by atoms with E-state index in [0.717, 1.165) is 0 Å². The van der Waals surface area contributed by atoms with Gasteiger partial charge in [-0.05, 0) is 13.8 Å². The molecule has 18 heavy (non-hydrogen) atoms. The Bertz CT molecular complexity index is 508. The number of aromatic nitrogens is 1. The summed E-state index contributed by atoms with van der Waals surface area (Å²) in [5.41, 5.74) is 0.325. The number of aromatic amines is 1. The molecular formula is C12H17N3O3. The molecule has 0 spiro atoms. The third kappa shape index (κ3) is 3.44. The van der Waals surface area contributed by atoms with E-state index in [1.165, 1.54) is 17.2 Å². The summed E-state index contributed by atoms with van der Waals surface area (Å²) in [6.07, 6.45) is 1.35. The van der Waals surface area contributed by atoms with E-state index in [9.17, 15) is 14.4 Å². The zero-order chi connectivity index (χ0) is 13.7. The molecule has 0 saturated heterocycles. The number of hydrogen-bond acceptors (Lipinski definition) is 3. The minimum atomic E-state index is -0.547. The van der Waals surface area contributed by atoms with Gasteiger partial charge in [0.1, 0.15) is 5.56 Å². The smallest absolute Gasteiger partial charge is 0.257 e. The normalized spacial score (nSPS) is 9.94. The van der Waals surface area contributed by atoms with Crippen molar-refractivity contribution >= 4 is 11.8 Å². The van der Waals surface area contributed by atoms with Crippen molar-refractivity contribution in [2.75, 3.05) is 20.1 Å². The molecule has 0 aliphatic heterocycles. The molecule has 0 radical (unpaired) electrons. The number of hydrogen-bond donors (Lipinski definition) is 2. The number of nitrogens with zero attached hydrogens (tertiary/aromatic N) is 1. The highest BCUT2D eigenvalue weighted by molar-refractivity contribution is 5.96. The molecule has 0 unspecified atom stereocenters. The van der Waals surface area contributed by atoms with Crippen molar-refractivity contribution in [3.8, 4) is 0 Å². The van der Waals surface area contributed by atoms with Crippen LogP contribution in [0.3, 0.4) is 0 Å². The monoisotopic (exact) mass is 251 g/mol. The summed E-state index contributed by atoms with van der Waals surface area (Å²) in [6.45, 7) is 4.02. The lowest BCUT2D eigenvalue weighted by Crippen LogP contribution is -2.39. The fraction of sp³-hybridized carbons (Fsp3) is 0.417. The van der Waals surface area contributed by atoms with E-state index in [0.29, 0.717) is 12.2 Å². The molecule has 6 nitrogen and oxygen atoms in total. The van der Waals surface area contributed by atoms with Gasteiger partial charge in [0.25, 0.3) is 5.91 Å². The molecule has 1 rings (SSSR count). The zero-order valence-electron chi connectivity index (χ0n) is 10.7. The van der Waals surface area contributed by atoms with Crippen molar-refractivity contribution in [2.24, 2.45) is 0 Å². The maximum absolute atomic E-state index is 11.7. The van der Waals surface area contributed by atoms with Gasteiger partial charge in [0.2, 0.25) is 5.91 Å². The Morgan fingerprint density at radius 1 is 1.44 bits per heavy atom. The molecule has 0 aliphatic carbocycles. The van der Waals surface area contributed by atoms with Crippen LogP contribution in [0.15, 0.2) is 17.1 Å². The van der Waals surface area contributed by atoms with Gasteiger partial charge in [-0.25, -0.2) is 0 Å². The first kappa shape index (κ1) is 14.0. The van der Waals surface area contributed by atoms with Gasteiger partial charge in [0, 0.05) is 31.5 Å². The van der Waals surface area contributed by atoms with Crippen LogP contribution >= 0.6 is 0 Å². The molecule has 1 aromatic heterocycles. The van der Waals surface area contributed by atoms with Crippen LogP contribution in [-0.4, -0.2) is 41.8 Å². The Kier molecular flexibility index (Phi) is 4.65. The summed E-state index contributed by atoms with van der Waals surface area (Å²) in [7, 11) is 1.65. The van der Waals surface area contributed by atoms with Gasteiger partial charge in [-0.15, -0.1) is 0 Å². The van der Waals surface area contributed by atoms with Crippen LogP contribution in [0.4, 0.5) is 0 Å². The van der Waals surface area contributed by atoms with E-state index < -0.39 is 5.91 Å². The second-order valence-corrected chi connectivity index (χ2v) is 3.98. The lowest BCUT2D eigenvalue weighted by atomic mass is 10.2. The maximum Gasteiger partial charge on any atom is 0.257 e. The van der Waals surface area contributed by atoms with Crippen LogP contribution in [0.2, 0.25) is 0 Å². The molecule has 0 aromatic carbocycles. The molecule has 1 heterocycles. The summed E-state index contributed by atoms with van der Waals surface area (Å²) >= 11 is 0.